The summed E-state index contributed by atoms with van der Waals surface area (Å²) in [5, 5.41) is 0. The zero-order valence-electron chi connectivity index (χ0n) is 12.6. The van der Waals surface area contributed by atoms with Gasteiger partial charge in [-0.25, -0.2) is 9.79 Å². The Kier molecular flexibility index (Phi) is 4.05. The number of cyclic esters (lactones) is 1. The number of aromatic nitrogens is 1. The molecule has 0 aliphatic carbocycles. The summed E-state index contributed by atoms with van der Waals surface area (Å²) >= 11 is 0. The van der Waals surface area contributed by atoms with Gasteiger partial charge in [0.1, 0.15) is 0 Å². The van der Waals surface area contributed by atoms with Crippen LogP contribution >= 0.6 is 0 Å². The lowest BCUT2D eigenvalue weighted by Gasteiger charge is -2.08. The van der Waals surface area contributed by atoms with E-state index in [1.54, 1.807) is 49.7 Å². The van der Waals surface area contributed by atoms with Gasteiger partial charge in [0.15, 0.2) is 17.2 Å². The molecule has 1 aliphatic rings. The third-order valence-corrected chi connectivity index (χ3v) is 3.22. The van der Waals surface area contributed by atoms with E-state index in [-0.39, 0.29) is 11.6 Å². The number of hydrogen-bond donors (Lipinski definition) is 0. The Morgan fingerprint density at radius 1 is 1.09 bits per heavy atom. The van der Waals surface area contributed by atoms with Gasteiger partial charge >= 0.3 is 5.97 Å². The van der Waals surface area contributed by atoms with Crippen molar-refractivity contribution >= 4 is 17.9 Å². The zero-order chi connectivity index (χ0) is 16.2. The minimum Gasteiger partial charge on any atom is -0.493 e. The van der Waals surface area contributed by atoms with Gasteiger partial charge < -0.3 is 14.2 Å². The molecule has 1 aromatic carbocycles. The predicted molar refractivity (Wildman–Crippen MR) is 84.4 cm³/mol. The first-order chi connectivity index (χ1) is 11.2. The Hall–Kier alpha value is -3.15. The average Bonchev–Trinajstić information content (AvgIpc) is 2.96. The van der Waals surface area contributed by atoms with Crippen LogP contribution in [0.3, 0.4) is 0 Å². The van der Waals surface area contributed by atoms with Crippen LogP contribution in [-0.4, -0.2) is 31.1 Å². The minimum absolute atomic E-state index is 0.202. The smallest absolute Gasteiger partial charge is 0.363 e. The number of carbonyl (C=O) groups is 1. The van der Waals surface area contributed by atoms with E-state index in [4.69, 9.17) is 14.2 Å². The molecule has 0 fully saturated rings. The van der Waals surface area contributed by atoms with Crippen molar-refractivity contribution in [1.29, 1.82) is 0 Å². The van der Waals surface area contributed by atoms with Crippen LogP contribution in [0, 0.1) is 0 Å². The average molecular weight is 310 g/mol. The van der Waals surface area contributed by atoms with Crippen molar-refractivity contribution < 1.29 is 19.0 Å². The zero-order valence-corrected chi connectivity index (χ0v) is 12.6. The van der Waals surface area contributed by atoms with Crippen molar-refractivity contribution in [2.24, 2.45) is 4.99 Å². The van der Waals surface area contributed by atoms with Crippen LogP contribution in [0.2, 0.25) is 0 Å². The molecule has 116 valence electrons. The van der Waals surface area contributed by atoms with E-state index in [1.807, 2.05) is 6.07 Å². The Bertz CT molecular complexity index is 797. The van der Waals surface area contributed by atoms with E-state index in [9.17, 15) is 4.79 Å². The lowest BCUT2D eigenvalue weighted by molar-refractivity contribution is -0.129. The van der Waals surface area contributed by atoms with E-state index in [2.05, 4.69) is 9.98 Å². The highest BCUT2D eigenvalue weighted by Gasteiger charge is 2.25. The summed E-state index contributed by atoms with van der Waals surface area (Å²) in [6.07, 6.45) is 3.22. The molecule has 6 heteroatoms. The van der Waals surface area contributed by atoms with E-state index in [0.29, 0.717) is 22.8 Å². The molecule has 0 radical (unpaired) electrons. The van der Waals surface area contributed by atoms with Crippen LogP contribution in [0.1, 0.15) is 11.3 Å². The van der Waals surface area contributed by atoms with Gasteiger partial charge in [0.25, 0.3) is 0 Å². The second-order valence-corrected chi connectivity index (χ2v) is 4.66. The molecule has 0 N–H and O–H groups in total. The molecule has 0 bridgehead atoms. The third kappa shape index (κ3) is 3.06. The number of rotatable bonds is 4. The maximum Gasteiger partial charge on any atom is 0.363 e. The number of aliphatic imine (C=N–C) groups is 1. The topological polar surface area (TPSA) is 70.0 Å². The number of methoxy groups -OCH3 is 2. The van der Waals surface area contributed by atoms with E-state index < -0.39 is 5.97 Å². The molecule has 0 spiro atoms. The molecule has 0 unspecified atom stereocenters. The monoisotopic (exact) mass is 310 g/mol. The van der Waals surface area contributed by atoms with Crippen molar-refractivity contribution in [3.8, 4) is 11.5 Å². The van der Waals surface area contributed by atoms with Crippen molar-refractivity contribution in [2.75, 3.05) is 14.2 Å². The molecule has 0 amide bonds. The number of nitrogens with zero attached hydrogens (tertiary/aromatic N) is 2. The van der Waals surface area contributed by atoms with Crippen molar-refractivity contribution in [3.05, 3.63) is 59.5 Å². The highest BCUT2D eigenvalue weighted by Crippen LogP contribution is 2.29. The summed E-state index contributed by atoms with van der Waals surface area (Å²) in [5.41, 5.74) is 1.46. The molecular weight excluding hydrogens is 296 g/mol. The molecule has 2 aromatic rings. The van der Waals surface area contributed by atoms with Crippen LogP contribution < -0.4 is 9.47 Å². The first kappa shape index (κ1) is 14.8. The van der Waals surface area contributed by atoms with Crippen LogP contribution in [-0.2, 0) is 9.53 Å². The van der Waals surface area contributed by atoms with Crippen LogP contribution in [0.15, 0.2) is 53.3 Å². The molecule has 1 aromatic heterocycles. The molecule has 2 heterocycles. The van der Waals surface area contributed by atoms with Gasteiger partial charge in [0, 0.05) is 11.8 Å². The Labute approximate surface area is 133 Å². The summed E-state index contributed by atoms with van der Waals surface area (Å²) in [5.74, 6) is 0.829. The Morgan fingerprint density at radius 2 is 1.91 bits per heavy atom. The van der Waals surface area contributed by atoms with Gasteiger partial charge in [-0.05, 0) is 36.4 Å². The van der Waals surface area contributed by atoms with Crippen LogP contribution in [0.25, 0.3) is 6.08 Å². The summed E-state index contributed by atoms with van der Waals surface area (Å²) in [7, 11) is 3.09. The molecule has 23 heavy (non-hydrogen) atoms. The molecule has 6 nitrogen and oxygen atoms in total. The van der Waals surface area contributed by atoms with Gasteiger partial charge in [-0.3, -0.25) is 4.98 Å². The number of benzene rings is 1. The standard InChI is InChI=1S/C17H14N2O4/c1-21-14-7-6-11(9-15(14)22-2)16-19-13(17(20)23-16)10-12-5-3-4-8-18-12/h3-10H,1-2H3/b13-10+. The summed E-state index contributed by atoms with van der Waals surface area (Å²) < 4.78 is 15.6. The predicted octanol–water partition coefficient (Wildman–Crippen LogP) is 2.44. The summed E-state index contributed by atoms with van der Waals surface area (Å²) in [4.78, 5) is 20.3. The highest BCUT2D eigenvalue weighted by molar-refractivity contribution is 6.12. The number of pyridine rings is 1. The van der Waals surface area contributed by atoms with E-state index >= 15 is 0 Å². The maximum absolute atomic E-state index is 12.0. The maximum atomic E-state index is 12.0. The Balaban J connectivity index is 1.94. The van der Waals surface area contributed by atoms with E-state index in [0.717, 1.165) is 0 Å². The third-order valence-electron chi connectivity index (χ3n) is 3.22. The first-order valence-electron chi connectivity index (χ1n) is 6.87. The molecule has 3 rings (SSSR count). The summed E-state index contributed by atoms with van der Waals surface area (Å²) in [6, 6.07) is 10.6. The molecule has 0 atom stereocenters. The van der Waals surface area contributed by atoms with Crippen LogP contribution in [0.5, 0.6) is 11.5 Å². The molecule has 0 saturated heterocycles. The molecule has 0 saturated carbocycles. The van der Waals surface area contributed by atoms with Gasteiger partial charge in [0.05, 0.1) is 19.9 Å². The van der Waals surface area contributed by atoms with Gasteiger partial charge in [-0.1, -0.05) is 6.07 Å². The Morgan fingerprint density at radius 3 is 2.61 bits per heavy atom. The number of ether oxygens (including phenoxy) is 3. The van der Waals surface area contributed by atoms with E-state index in [1.165, 1.54) is 7.11 Å². The fourth-order valence-electron chi connectivity index (χ4n) is 2.10. The van der Waals surface area contributed by atoms with Crippen molar-refractivity contribution in [2.45, 2.75) is 0 Å². The lowest BCUT2D eigenvalue weighted by Crippen LogP contribution is -2.06. The molecular formula is C17H14N2O4. The van der Waals surface area contributed by atoms with Crippen molar-refractivity contribution in [3.63, 3.8) is 0 Å². The highest BCUT2D eigenvalue weighted by atomic mass is 16.6. The van der Waals surface area contributed by atoms with Gasteiger partial charge in [-0.15, -0.1) is 0 Å². The first-order valence-corrected chi connectivity index (χ1v) is 6.87. The minimum atomic E-state index is -0.513. The fourth-order valence-corrected chi connectivity index (χ4v) is 2.10. The molecule has 1 aliphatic heterocycles. The lowest BCUT2D eigenvalue weighted by atomic mass is 10.2. The van der Waals surface area contributed by atoms with Gasteiger partial charge in [-0.2, -0.15) is 0 Å². The number of hydrogen-bond acceptors (Lipinski definition) is 6. The second kappa shape index (κ2) is 6.31. The largest absolute Gasteiger partial charge is 0.493 e. The fraction of sp³-hybridized carbons (Fsp3) is 0.118. The number of carbonyl (C=O) groups excluding carboxylic acids is 1. The summed E-state index contributed by atoms with van der Waals surface area (Å²) in [6.45, 7) is 0. The second-order valence-electron chi connectivity index (χ2n) is 4.66. The normalized spacial score (nSPS) is 15.3. The van der Waals surface area contributed by atoms with Gasteiger partial charge in [0.2, 0.25) is 5.90 Å². The number of esters is 1. The SMILES string of the molecule is COc1ccc(C2=N/C(=C/c3ccccn3)C(=O)O2)cc1OC. The van der Waals surface area contributed by atoms with Crippen LogP contribution in [0.4, 0.5) is 0 Å². The quantitative estimate of drug-likeness (QED) is 0.641. The van der Waals surface area contributed by atoms with Crippen molar-refractivity contribution in [1.82, 2.24) is 4.98 Å².